The third-order valence-corrected chi connectivity index (χ3v) is 10.3. The molecule has 1 amide bonds. The Hall–Kier alpha value is -1.58. The van der Waals surface area contributed by atoms with Crippen molar-refractivity contribution in [2.45, 2.75) is 186 Å². The van der Waals surface area contributed by atoms with E-state index in [4.69, 9.17) is 9.05 Å². The summed E-state index contributed by atoms with van der Waals surface area (Å²) in [5, 5.41) is 24.5. The number of rotatable bonds is 38. The molecule has 0 aromatic carbocycles. The predicted octanol–water partition coefficient (Wildman–Crippen LogP) is 10.0. The lowest BCUT2D eigenvalue weighted by atomic mass is 10.0. The number of hydrogen-bond donors (Lipinski definition) is 3. The molecule has 0 radical (unpaired) electrons. The minimum absolute atomic E-state index is 0.0521. The minimum Gasteiger partial charge on any atom is -0.756 e. The van der Waals surface area contributed by atoms with E-state index in [1.165, 1.54) is 70.6 Å². The van der Waals surface area contributed by atoms with E-state index >= 15 is 0 Å². The Labute approximate surface area is 332 Å². The van der Waals surface area contributed by atoms with Crippen molar-refractivity contribution in [2.75, 3.05) is 40.9 Å². The molecule has 10 heteroatoms. The summed E-state index contributed by atoms with van der Waals surface area (Å²) < 4.78 is 23.1. The van der Waals surface area contributed by atoms with Gasteiger partial charge in [0.1, 0.15) is 19.3 Å². The van der Waals surface area contributed by atoms with Crippen LogP contribution in [0.2, 0.25) is 0 Å². The summed E-state index contributed by atoms with van der Waals surface area (Å²) in [6, 6.07) is -1.10. The molecule has 0 aliphatic heterocycles. The lowest BCUT2D eigenvalue weighted by Crippen LogP contribution is -2.51. The quantitative estimate of drug-likeness (QED) is 0.0246. The summed E-state index contributed by atoms with van der Waals surface area (Å²) in [6.45, 7) is 4.33. The van der Waals surface area contributed by atoms with Crippen LogP contribution in [-0.4, -0.2) is 79.8 Å². The Kier molecular flexibility index (Phi) is 34.8. The lowest BCUT2D eigenvalue weighted by molar-refractivity contribution is -0.870. The lowest BCUT2D eigenvalue weighted by Gasteiger charge is -2.31. The van der Waals surface area contributed by atoms with E-state index < -0.39 is 32.7 Å². The van der Waals surface area contributed by atoms with Gasteiger partial charge < -0.3 is 34.0 Å². The number of allylic oxidation sites excluding steroid dienone is 8. The van der Waals surface area contributed by atoms with Crippen molar-refractivity contribution in [2.24, 2.45) is 0 Å². The molecule has 0 heterocycles. The first-order valence-electron chi connectivity index (χ1n) is 21.6. The van der Waals surface area contributed by atoms with Crippen molar-refractivity contribution >= 4 is 13.7 Å². The van der Waals surface area contributed by atoms with Crippen LogP contribution >= 0.6 is 7.82 Å². The summed E-state index contributed by atoms with van der Waals surface area (Å²) in [5.74, 6) is -0.304. The average Bonchev–Trinajstić information content (AvgIpc) is 3.12. The number of quaternary nitrogens is 1. The molecule has 0 spiro atoms. The van der Waals surface area contributed by atoms with Crippen LogP contribution in [0.5, 0.6) is 0 Å². The van der Waals surface area contributed by atoms with E-state index in [2.05, 4.69) is 67.8 Å². The molecule has 4 unspecified atom stereocenters. The smallest absolute Gasteiger partial charge is 0.268 e. The van der Waals surface area contributed by atoms with Gasteiger partial charge in [-0.1, -0.05) is 127 Å². The van der Waals surface area contributed by atoms with Gasteiger partial charge in [0, 0.05) is 6.42 Å². The van der Waals surface area contributed by atoms with Crippen LogP contribution in [-0.2, 0) is 18.4 Å². The number of phosphoric ester groups is 1. The van der Waals surface area contributed by atoms with Gasteiger partial charge in [0.05, 0.1) is 39.9 Å². The highest BCUT2D eigenvalue weighted by atomic mass is 31.2. The molecular formula is C44H83N2O7P. The molecule has 0 aromatic heterocycles. The van der Waals surface area contributed by atoms with E-state index in [1.807, 2.05) is 21.1 Å². The molecule has 316 valence electrons. The van der Waals surface area contributed by atoms with Gasteiger partial charge in [0.25, 0.3) is 7.82 Å². The second-order valence-corrected chi connectivity index (χ2v) is 17.2. The summed E-state index contributed by atoms with van der Waals surface area (Å²) >= 11 is 0. The number of nitrogens with zero attached hydrogens (tertiary/aromatic N) is 1. The number of nitrogens with one attached hydrogen (secondary N) is 1. The fraction of sp³-hybridized carbons (Fsp3) is 0.795. The van der Waals surface area contributed by atoms with Gasteiger partial charge in [-0.2, -0.15) is 0 Å². The van der Waals surface area contributed by atoms with Crippen molar-refractivity contribution in [3.63, 3.8) is 0 Å². The predicted molar refractivity (Wildman–Crippen MR) is 225 cm³/mol. The van der Waals surface area contributed by atoms with Crippen LogP contribution in [0.25, 0.3) is 0 Å². The van der Waals surface area contributed by atoms with Gasteiger partial charge in [0.15, 0.2) is 0 Å². The van der Waals surface area contributed by atoms with Crippen LogP contribution < -0.4 is 10.2 Å². The highest BCUT2D eigenvalue weighted by Crippen LogP contribution is 2.38. The molecule has 0 rings (SSSR count). The molecule has 0 saturated heterocycles. The number of aliphatic hydroxyl groups is 2. The first-order valence-corrected chi connectivity index (χ1v) is 23.0. The zero-order chi connectivity index (χ0) is 40.2. The number of phosphoric acid groups is 1. The van der Waals surface area contributed by atoms with E-state index in [-0.39, 0.29) is 18.9 Å². The highest BCUT2D eigenvalue weighted by Gasteiger charge is 2.29. The topological polar surface area (TPSA) is 128 Å². The van der Waals surface area contributed by atoms with Crippen LogP contribution in [0.4, 0.5) is 0 Å². The van der Waals surface area contributed by atoms with Crippen LogP contribution in [0.15, 0.2) is 48.6 Å². The molecular weight excluding hydrogens is 699 g/mol. The second-order valence-electron chi connectivity index (χ2n) is 15.8. The largest absolute Gasteiger partial charge is 0.756 e. The summed E-state index contributed by atoms with van der Waals surface area (Å²) in [6.07, 6.45) is 40.1. The molecule has 54 heavy (non-hydrogen) atoms. The first-order chi connectivity index (χ1) is 25.9. The van der Waals surface area contributed by atoms with Crippen LogP contribution in [0, 0.1) is 0 Å². The zero-order valence-corrected chi connectivity index (χ0v) is 36.2. The number of aliphatic hydroxyl groups excluding tert-OH is 2. The minimum atomic E-state index is -4.68. The molecule has 9 nitrogen and oxygen atoms in total. The Morgan fingerprint density at radius 3 is 1.70 bits per heavy atom. The van der Waals surface area contributed by atoms with Crippen molar-refractivity contribution in [3.8, 4) is 0 Å². The van der Waals surface area contributed by atoms with Gasteiger partial charge in [-0.05, 0) is 83.5 Å². The van der Waals surface area contributed by atoms with E-state index in [0.717, 1.165) is 57.8 Å². The Balaban J connectivity index is 4.58. The third kappa shape index (κ3) is 36.1. The van der Waals surface area contributed by atoms with Gasteiger partial charge in [-0.15, -0.1) is 0 Å². The van der Waals surface area contributed by atoms with Gasteiger partial charge >= 0.3 is 0 Å². The normalized spacial score (nSPS) is 15.5. The van der Waals surface area contributed by atoms with Gasteiger partial charge in [-0.25, -0.2) is 0 Å². The Bertz CT molecular complexity index is 1040. The number of amides is 1. The number of unbranched alkanes of at least 4 members (excludes halogenated alkanes) is 16. The Morgan fingerprint density at radius 1 is 0.667 bits per heavy atom. The van der Waals surface area contributed by atoms with Gasteiger partial charge in [0.2, 0.25) is 5.91 Å². The fourth-order valence-electron chi connectivity index (χ4n) is 5.83. The number of likely N-dealkylation sites (N-methyl/N-ethyl adjacent to an activating group) is 1. The van der Waals surface area contributed by atoms with Gasteiger partial charge in [-0.3, -0.25) is 9.36 Å². The molecule has 0 aliphatic carbocycles. The van der Waals surface area contributed by atoms with E-state index in [1.54, 1.807) is 0 Å². The van der Waals surface area contributed by atoms with Crippen molar-refractivity contribution < 1.29 is 38.0 Å². The standard InChI is InChI=1S/C44H83N2O7P/c1-6-8-10-12-14-16-18-20-21-22-23-24-25-27-29-31-33-35-37-43(48)45-41(40-53-54(50,51)52-39-38-46(3,4)5)44(49)42(47)36-34-32-30-28-26-19-17-15-13-11-9-7-2/h15-18,21-22,28,30,41-42,44,47,49H,6-14,19-20,23-27,29,31-40H2,1-5H3,(H-,45,48,50,51)/b17-15+,18-16-,22-21-,30-28+. The van der Waals surface area contributed by atoms with Crippen molar-refractivity contribution in [3.05, 3.63) is 48.6 Å². The molecule has 0 saturated carbocycles. The summed E-state index contributed by atoms with van der Waals surface area (Å²) in [7, 11) is 1.08. The molecule has 0 bridgehead atoms. The maximum absolute atomic E-state index is 12.9. The summed E-state index contributed by atoms with van der Waals surface area (Å²) in [4.78, 5) is 25.3. The van der Waals surface area contributed by atoms with Crippen LogP contribution in [0.3, 0.4) is 0 Å². The number of hydrogen-bond acceptors (Lipinski definition) is 7. The van der Waals surface area contributed by atoms with E-state index in [9.17, 15) is 24.5 Å². The molecule has 0 aromatic rings. The zero-order valence-electron chi connectivity index (χ0n) is 35.3. The molecule has 3 N–H and O–H groups in total. The number of carbonyl (C=O) groups excluding carboxylic acids is 1. The Morgan fingerprint density at radius 2 is 1.13 bits per heavy atom. The second kappa shape index (κ2) is 35.8. The van der Waals surface area contributed by atoms with Crippen LogP contribution in [0.1, 0.15) is 168 Å². The van der Waals surface area contributed by atoms with Crippen molar-refractivity contribution in [1.29, 1.82) is 0 Å². The van der Waals surface area contributed by atoms with Crippen molar-refractivity contribution in [1.82, 2.24) is 5.32 Å². The maximum atomic E-state index is 12.9. The summed E-state index contributed by atoms with van der Waals surface area (Å²) in [5.41, 5.74) is 0. The molecule has 0 fully saturated rings. The monoisotopic (exact) mass is 783 g/mol. The highest BCUT2D eigenvalue weighted by molar-refractivity contribution is 7.45. The number of carbonyl (C=O) groups is 1. The average molecular weight is 783 g/mol. The SMILES string of the molecule is CCCCC/C=C/CC/C=C/CCCC(O)C(O)C(COP(=O)([O-])OCC[N+](C)(C)C)NC(=O)CCCCCCCCC/C=C\C/C=C\CCCCCC. The molecule has 0 aliphatic rings. The van der Waals surface area contributed by atoms with E-state index in [0.29, 0.717) is 30.3 Å². The third-order valence-electron chi connectivity index (χ3n) is 9.36. The maximum Gasteiger partial charge on any atom is 0.268 e. The fourth-order valence-corrected chi connectivity index (χ4v) is 6.55. The first kappa shape index (κ1) is 52.4. The molecule has 4 atom stereocenters.